The third kappa shape index (κ3) is 5.06. The van der Waals surface area contributed by atoms with Crippen LogP contribution >= 0.6 is 12.2 Å². The summed E-state index contributed by atoms with van der Waals surface area (Å²) in [6.45, 7) is 2.00. The van der Waals surface area contributed by atoms with Crippen LogP contribution in [0, 0.1) is 0 Å². The number of carbonyl (C=O) groups excluding carboxylic acids is 1. The first kappa shape index (κ1) is 19.5. The zero-order valence-electron chi connectivity index (χ0n) is 14.5. The summed E-state index contributed by atoms with van der Waals surface area (Å²) in [7, 11) is 1.51. The average Bonchev–Trinajstić information content (AvgIpc) is 3.10. The Morgan fingerprint density at radius 3 is 2.65 bits per heavy atom. The summed E-state index contributed by atoms with van der Waals surface area (Å²) >= 11 is 5.17. The van der Waals surface area contributed by atoms with Crippen molar-refractivity contribution in [3.63, 3.8) is 0 Å². The Morgan fingerprint density at radius 2 is 2.04 bits per heavy atom. The molecule has 0 saturated heterocycles. The zero-order chi connectivity index (χ0) is 19.1. The van der Waals surface area contributed by atoms with Crippen molar-refractivity contribution in [2.75, 3.05) is 12.4 Å². The Morgan fingerprint density at radius 1 is 1.27 bits per heavy atom. The topological polar surface area (TPSA) is 101 Å². The number of aromatic carboxylic acids is 1. The predicted molar refractivity (Wildman–Crippen MR) is 102 cm³/mol. The second-order valence-electron chi connectivity index (χ2n) is 5.49. The Labute approximate surface area is 156 Å². The molecule has 1 aromatic heterocycles. The summed E-state index contributed by atoms with van der Waals surface area (Å²) in [6.07, 6.45) is 2.11. The number of methoxy groups -OCH3 is 1. The van der Waals surface area contributed by atoms with E-state index >= 15 is 0 Å². The first-order chi connectivity index (χ1) is 12.4. The van der Waals surface area contributed by atoms with Crippen molar-refractivity contribution in [1.82, 2.24) is 5.32 Å². The lowest BCUT2D eigenvalue weighted by molar-refractivity contribution is -0.119. The minimum absolute atomic E-state index is 0.149. The third-order valence-electron chi connectivity index (χ3n) is 3.56. The van der Waals surface area contributed by atoms with Gasteiger partial charge in [0.1, 0.15) is 11.5 Å². The van der Waals surface area contributed by atoms with Crippen LogP contribution in [0.4, 0.5) is 5.69 Å². The van der Waals surface area contributed by atoms with Crippen LogP contribution < -0.4 is 15.4 Å². The fraction of sp³-hybridized carbons (Fsp3) is 0.278. The molecule has 3 N–H and O–H groups in total. The minimum Gasteiger partial charge on any atom is -0.495 e. The van der Waals surface area contributed by atoms with Gasteiger partial charge in [-0.1, -0.05) is 13.3 Å². The number of ether oxygens (including phenoxy) is 1. The largest absolute Gasteiger partial charge is 0.495 e. The maximum absolute atomic E-state index is 11.8. The molecule has 7 nitrogen and oxygen atoms in total. The summed E-state index contributed by atoms with van der Waals surface area (Å²) < 4.78 is 10.6. The molecule has 1 aromatic carbocycles. The number of hydrogen-bond donors (Lipinski definition) is 3. The van der Waals surface area contributed by atoms with E-state index in [0.717, 1.165) is 12.8 Å². The van der Waals surface area contributed by atoms with Crippen LogP contribution in [0.3, 0.4) is 0 Å². The van der Waals surface area contributed by atoms with E-state index in [1.165, 1.54) is 13.2 Å². The number of furan rings is 1. The van der Waals surface area contributed by atoms with Gasteiger partial charge in [0.15, 0.2) is 5.11 Å². The van der Waals surface area contributed by atoms with Crippen molar-refractivity contribution in [2.24, 2.45) is 0 Å². The Balaban J connectivity index is 2.17. The number of nitrogens with one attached hydrogen (secondary N) is 2. The van der Waals surface area contributed by atoms with Crippen molar-refractivity contribution in [1.29, 1.82) is 0 Å². The highest BCUT2D eigenvalue weighted by Gasteiger charge is 2.13. The van der Waals surface area contributed by atoms with Gasteiger partial charge >= 0.3 is 5.97 Å². The van der Waals surface area contributed by atoms with E-state index in [1.807, 2.05) is 6.92 Å². The molecule has 0 spiro atoms. The van der Waals surface area contributed by atoms with Crippen molar-refractivity contribution in [3.05, 3.63) is 36.1 Å². The molecule has 0 unspecified atom stereocenters. The second kappa shape index (κ2) is 9.00. The van der Waals surface area contributed by atoms with Crippen LogP contribution in [0.15, 0.2) is 34.7 Å². The van der Waals surface area contributed by atoms with Gasteiger partial charge in [0.05, 0.1) is 12.8 Å². The Bertz CT molecular complexity index is 816. The lowest BCUT2D eigenvalue weighted by Crippen LogP contribution is -2.34. The van der Waals surface area contributed by atoms with Crippen molar-refractivity contribution in [3.8, 4) is 17.1 Å². The highest BCUT2D eigenvalue weighted by atomic mass is 32.1. The summed E-state index contributed by atoms with van der Waals surface area (Å²) in [6, 6.07) is 8.08. The number of carbonyl (C=O) groups is 2. The summed E-state index contributed by atoms with van der Waals surface area (Å²) in [5, 5.41) is 14.7. The molecular weight excluding hydrogens is 356 g/mol. The highest BCUT2D eigenvalue weighted by molar-refractivity contribution is 7.80. The molecule has 2 aromatic rings. The van der Waals surface area contributed by atoms with Gasteiger partial charge in [0.25, 0.3) is 0 Å². The van der Waals surface area contributed by atoms with E-state index in [4.69, 9.17) is 26.5 Å². The average molecular weight is 376 g/mol. The second-order valence-corrected chi connectivity index (χ2v) is 5.90. The molecule has 1 heterocycles. The van der Waals surface area contributed by atoms with E-state index in [0.29, 0.717) is 29.2 Å². The number of benzene rings is 1. The fourth-order valence-corrected chi connectivity index (χ4v) is 2.47. The summed E-state index contributed by atoms with van der Waals surface area (Å²) in [4.78, 5) is 22.7. The van der Waals surface area contributed by atoms with Crippen molar-refractivity contribution >= 4 is 34.9 Å². The van der Waals surface area contributed by atoms with Crippen LogP contribution in [-0.2, 0) is 4.79 Å². The van der Waals surface area contributed by atoms with Crippen molar-refractivity contribution in [2.45, 2.75) is 26.2 Å². The monoisotopic (exact) mass is 376 g/mol. The van der Waals surface area contributed by atoms with Gasteiger partial charge in [-0.05, 0) is 49.0 Å². The zero-order valence-corrected chi connectivity index (χ0v) is 15.3. The molecule has 8 heteroatoms. The van der Waals surface area contributed by atoms with E-state index in [9.17, 15) is 9.59 Å². The fourth-order valence-electron chi connectivity index (χ4n) is 2.25. The summed E-state index contributed by atoms with van der Waals surface area (Å²) in [5.41, 5.74) is 1.17. The molecule has 0 saturated carbocycles. The minimum atomic E-state index is -1.14. The molecular formula is C18H20N2O5S. The van der Waals surface area contributed by atoms with E-state index in [1.54, 1.807) is 24.3 Å². The molecule has 26 heavy (non-hydrogen) atoms. The number of rotatable bonds is 7. The smallest absolute Gasteiger partial charge is 0.371 e. The number of thiocarbonyl (C=S) groups is 1. The van der Waals surface area contributed by atoms with E-state index in [-0.39, 0.29) is 16.8 Å². The van der Waals surface area contributed by atoms with Gasteiger partial charge in [-0.25, -0.2) is 4.79 Å². The van der Waals surface area contributed by atoms with Gasteiger partial charge in [0, 0.05) is 12.0 Å². The van der Waals surface area contributed by atoms with Crippen molar-refractivity contribution < 1.29 is 23.8 Å². The molecule has 0 aliphatic rings. The number of anilines is 1. The normalized spacial score (nSPS) is 10.2. The number of unbranched alkanes of at least 4 members (excludes halogenated alkanes) is 1. The lowest BCUT2D eigenvalue weighted by Gasteiger charge is -2.13. The molecule has 0 atom stereocenters. The SMILES string of the molecule is CCCCC(=O)NC(=S)Nc1cc(-c2ccc(C(=O)O)o2)ccc1OC. The number of hydrogen-bond acceptors (Lipinski definition) is 5. The van der Waals surface area contributed by atoms with Gasteiger partial charge in [-0.2, -0.15) is 0 Å². The standard InChI is InChI=1S/C18H20N2O5S/c1-3-4-5-16(21)20-18(26)19-12-10-11(6-7-14(12)24-2)13-8-9-15(25-13)17(22)23/h6-10H,3-5H2,1-2H3,(H,22,23)(H2,19,20,21,26). The van der Waals surface area contributed by atoms with Gasteiger partial charge in [-0.3, -0.25) is 4.79 Å². The van der Waals surface area contributed by atoms with E-state index in [2.05, 4.69) is 10.6 Å². The van der Waals surface area contributed by atoms with Crippen LogP contribution in [0.5, 0.6) is 5.75 Å². The van der Waals surface area contributed by atoms with Crippen LogP contribution in [0.2, 0.25) is 0 Å². The Kier molecular flexibility index (Phi) is 6.74. The number of carboxylic acid groups (broad SMARTS) is 1. The quantitative estimate of drug-likeness (QED) is 0.634. The summed E-state index contributed by atoms with van der Waals surface area (Å²) in [5.74, 6) is -0.533. The number of amides is 1. The predicted octanol–water partition coefficient (Wildman–Crippen LogP) is 3.66. The molecule has 0 fully saturated rings. The maximum Gasteiger partial charge on any atom is 0.371 e. The van der Waals surface area contributed by atoms with Gasteiger partial charge < -0.3 is 24.9 Å². The molecule has 2 rings (SSSR count). The molecule has 1 amide bonds. The molecule has 0 aliphatic heterocycles. The third-order valence-corrected chi connectivity index (χ3v) is 3.76. The van der Waals surface area contributed by atoms with Gasteiger partial charge in [-0.15, -0.1) is 0 Å². The van der Waals surface area contributed by atoms with Gasteiger partial charge in [0.2, 0.25) is 11.7 Å². The molecule has 0 bridgehead atoms. The Hall–Kier alpha value is -2.87. The highest BCUT2D eigenvalue weighted by Crippen LogP contribution is 2.31. The molecule has 0 aliphatic carbocycles. The number of carboxylic acids is 1. The van der Waals surface area contributed by atoms with Crippen LogP contribution in [-0.4, -0.2) is 29.2 Å². The first-order valence-electron chi connectivity index (χ1n) is 8.07. The maximum atomic E-state index is 11.8. The van der Waals surface area contributed by atoms with Crippen LogP contribution in [0.1, 0.15) is 36.7 Å². The lowest BCUT2D eigenvalue weighted by atomic mass is 10.1. The molecule has 138 valence electrons. The molecule has 0 radical (unpaired) electrons. The first-order valence-corrected chi connectivity index (χ1v) is 8.47. The van der Waals surface area contributed by atoms with E-state index < -0.39 is 5.97 Å². The van der Waals surface area contributed by atoms with Crippen LogP contribution in [0.25, 0.3) is 11.3 Å².